The van der Waals surface area contributed by atoms with Gasteiger partial charge in [0.1, 0.15) is 5.60 Å². The fourth-order valence-corrected chi connectivity index (χ4v) is 4.06. The van der Waals surface area contributed by atoms with Crippen molar-refractivity contribution in [1.29, 1.82) is 0 Å². The predicted molar refractivity (Wildman–Crippen MR) is 95.2 cm³/mol. The first-order valence-electron chi connectivity index (χ1n) is 8.06. The number of aromatic nitrogens is 1. The standard InChI is InChI=1S/C18H24N2O2S/c1-12(19-17(21)22-18(2,3)4)11-20-9-7-13-5-6-15-14(16(13)20)8-10-23-15/h5-7,9,12H,8,10-11H2,1-4H3,(H,19,21). The number of alkyl carbamates (subject to hydrolysis) is 1. The molecule has 124 valence electrons. The van der Waals surface area contributed by atoms with Gasteiger partial charge in [0, 0.05) is 29.4 Å². The molecule has 1 aromatic heterocycles. The lowest BCUT2D eigenvalue weighted by atomic mass is 10.1. The van der Waals surface area contributed by atoms with E-state index >= 15 is 0 Å². The highest BCUT2D eigenvalue weighted by Crippen LogP contribution is 2.36. The smallest absolute Gasteiger partial charge is 0.407 e. The average Bonchev–Trinajstić information content (AvgIpc) is 3.01. The first-order valence-corrected chi connectivity index (χ1v) is 9.05. The largest absolute Gasteiger partial charge is 0.444 e. The van der Waals surface area contributed by atoms with Gasteiger partial charge in [0.25, 0.3) is 0 Å². The van der Waals surface area contributed by atoms with Crippen LogP contribution in [0.25, 0.3) is 10.9 Å². The molecular formula is C18H24N2O2S. The number of carbonyl (C=O) groups is 1. The molecule has 0 aliphatic carbocycles. The Morgan fingerprint density at radius 1 is 1.39 bits per heavy atom. The predicted octanol–water partition coefficient (Wildman–Crippen LogP) is 4.20. The second-order valence-corrected chi connectivity index (χ2v) is 8.23. The van der Waals surface area contributed by atoms with Crippen molar-refractivity contribution in [2.75, 3.05) is 5.75 Å². The molecule has 1 N–H and O–H groups in total. The number of hydrogen-bond donors (Lipinski definition) is 1. The van der Waals surface area contributed by atoms with Crippen LogP contribution in [0.1, 0.15) is 33.3 Å². The first-order chi connectivity index (χ1) is 10.8. The number of nitrogens with one attached hydrogen (secondary N) is 1. The number of thioether (sulfide) groups is 1. The lowest BCUT2D eigenvalue weighted by molar-refractivity contribution is 0.0504. The van der Waals surface area contributed by atoms with Crippen molar-refractivity contribution in [3.05, 3.63) is 30.0 Å². The maximum Gasteiger partial charge on any atom is 0.407 e. The molecule has 1 amide bonds. The van der Waals surface area contributed by atoms with Crippen LogP contribution >= 0.6 is 11.8 Å². The summed E-state index contributed by atoms with van der Waals surface area (Å²) in [5, 5.41) is 4.19. The molecule has 0 spiro atoms. The minimum atomic E-state index is -0.470. The Kier molecular flexibility index (Phi) is 4.32. The van der Waals surface area contributed by atoms with Crippen LogP contribution in [0, 0.1) is 0 Å². The van der Waals surface area contributed by atoms with Crippen LogP contribution in [0.5, 0.6) is 0 Å². The van der Waals surface area contributed by atoms with Crippen molar-refractivity contribution in [2.24, 2.45) is 0 Å². The summed E-state index contributed by atoms with van der Waals surface area (Å²) in [6.45, 7) is 8.37. The molecule has 0 saturated heterocycles. The van der Waals surface area contributed by atoms with Gasteiger partial charge in [-0.05, 0) is 57.2 Å². The Balaban J connectivity index is 1.74. The SMILES string of the molecule is CC(Cn1ccc2ccc3c(c21)CCS3)NC(=O)OC(C)(C)C. The topological polar surface area (TPSA) is 43.3 Å². The van der Waals surface area contributed by atoms with Gasteiger partial charge in [0.05, 0.1) is 5.52 Å². The number of benzene rings is 1. The third-order valence-corrected chi connectivity index (χ3v) is 4.94. The molecular weight excluding hydrogens is 308 g/mol. The maximum absolute atomic E-state index is 11.9. The Labute approximate surface area is 141 Å². The molecule has 3 rings (SSSR count). The molecule has 0 bridgehead atoms. The zero-order valence-corrected chi connectivity index (χ0v) is 15.0. The molecule has 0 radical (unpaired) electrons. The van der Waals surface area contributed by atoms with Crippen LogP contribution in [-0.4, -0.2) is 28.1 Å². The number of rotatable bonds is 3. The van der Waals surface area contributed by atoms with Crippen molar-refractivity contribution in [3.8, 4) is 0 Å². The highest BCUT2D eigenvalue weighted by atomic mass is 32.2. The van der Waals surface area contributed by atoms with Crippen molar-refractivity contribution in [1.82, 2.24) is 9.88 Å². The van der Waals surface area contributed by atoms with Gasteiger partial charge in [-0.1, -0.05) is 6.07 Å². The summed E-state index contributed by atoms with van der Waals surface area (Å²) in [4.78, 5) is 13.3. The van der Waals surface area contributed by atoms with Gasteiger partial charge in [-0.3, -0.25) is 0 Å². The Bertz CT molecular complexity index is 730. The van der Waals surface area contributed by atoms with E-state index in [1.807, 2.05) is 39.5 Å². The highest BCUT2D eigenvalue weighted by Gasteiger charge is 2.20. The molecule has 1 aromatic carbocycles. The maximum atomic E-state index is 11.9. The molecule has 4 nitrogen and oxygen atoms in total. The molecule has 23 heavy (non-hydrogen) atoms. The summed E-state index contributed by atoms with van der Waals surface area (Å²) in [6.07, 6.45) is 2.87. The molecule has 1 aliphatic rings. The van der Waals surface area contributed by atoms with Crippen LogP contribution < -0.4 is 5.32 Å². The Morgan fingerprint density at radius 3 is 2.91 bits per heavy atom. The molecule has 1 atom stereocenters. The summed E-state index contributed by atoms with van der Waals surface area (Å²) in [5.41, 5.74) is 2.29. The zero-order valence-electron chi connectivity index (χ0n) is 14.2. The second kappa shape index (κ2) is 6.11. The molecule has 2 aromatic rings. The molecule has 2 heterocycles. The number of nitrogens with zero attached hydrogens (tertiary/aromatic N) is 1. The lowest BCUT2D eigenvalue weighted by Crippen LogP contribution is -2.39. The number of amides is 1. The van der Waals surface area contributed by atoms with Crippen LogP contribution in [-0.2, 0) is 17.7 Å². The van der Waals surface area contributed by atoms with E-state index in [0.29, 0.717) is 0 Å². The molecule has 0 fully saturated rings. The van der Waals surface area contributed by atoms with Crippen molar-refractivity contribution < 1.29 is 9.53 Å². The van der Waals surface area contributed by atoms with Crippen LogP contribution in [0.3, 0.4) is 0 Å². The summed E-state index contributed by atoms with van der Waals surface area (Å²) in [7, 11) is 0. The lowest BCUT2D eigenvalue weighted by Gasteiger charge is -2.22. The number of fused-ring (bicyclic) bond motifs is 3. The van der Waals surface area contributed by atoms with Gasteiger partial charge in [-0.15, -0.1) is 11.8 Å². The average molecular weight is 332 g/mol. The minimum absolute atomic E-state index is 0.00497. The number of aryl methyl sites for hydroxylation is 1. The fraction of sp³-hybridized carbons (Fsp3) is 0.500. The van der Waals surface area contributed by atoms with E-state index in [1.54, 1.807) is 0 Å². The Morgan fingerprint density at radius 2 is 2.17 bits per heavy atom. The molecule has 5 heteroatoms. The summed E-state index contributed by atoms with van der Waals surface area (Å²) < 4.78 is 7.58. The van der Waals surface area contributed by atoms with Gasteiger partial charge >= 0.3 is 6.09 Å². The van der Waals surface area contributed by atoms with Gasteiger partial charge < -0.3 is 14.6 Å². The fourth-order valence-electron chi connectivity index (χ4n) is 3.00. The summed E-state index contributed by atoms with van der Waals surface area (Å²) in [6, 6.07) is 6.57. The normalized spacial score (nSPS) is 15.5. The summed E-state index contributed by atoms with van der Waals surface area (Å²) >= 11 is 1.93. The van der Waals surface area contributed by atoms with E-state index in [4.69, 9.17) is 4.74 Å². The zero-order chi connectivity index (χ0) is 16.6. The van der Waals surface area contributed by atoms with E-state index in [2.05, 4.69) is 34.3 Å². The van der Waals surface area contributed by atoms with E-state index in [9.17, 15) is 4.79 Å². The van der Waals surface area contributed by atoms with Gasteiger partial charge in [0.2, 0.25) is 0 Å². The first kappa shape index (κ1) is 16.2. The van der Waals surface area contributed by atoms with E-state index in [1.165, 1.54) is 21.4 Å². The molecule has 0 saturated carbocycles. The van der Waals surface area contributed by atoms with Crippen LogP contribution in [0.4, 0.5) is 4.79 Å². The van der Waals surface area contributed by atoms with Crippen molar-refractivity contribution >= 4 is 28.8 Å². The van der Waals surface area contributed by atoms with Crippen LogP contribution in [0.15, 0.2) is 29.3 Å². The van der Waals surface area contributed by atoms with E-state index < -0.39 is 5.60 Å². The third kappa shape index (κ3) is 3.66. The quantitative estimate of drug-likeness (QED) is 0.916. The van der Waals surface area contributed by atoms with Gasteiger partial charge in [-0.25, -0.2) is 4.79 Å². The van der Waals surface area contributed by atoms with Crippen molar-refractivity contribution in [3.63, 3.8) is 0 Å². The number of carbonyl (C=O) groups excluding carboxylic acids is 1. The number of ether oxygens (including phenoxy) is 1. The molecule has 1 aliphatic heterocycles. The van der Waals surface area contributed by atoms with E-state index in [-0.39, 0.29) is 12.1 Å². The highest BCUT2D eigenvalue weighted by molar-refractivity contribution is 7.99. The number of hydrogen-bond acceptors (Lipinski definition) is 3. The minimum Gasteiger partial charge on any atom is -0.444 e. The van der Waals surface area contributed by atoms with Gasteiger partial charge in [-0.2, -0.15) is 0 Å². The Hall–Kier alpha value is -1.62. The monoisotopic (exact) mass is 332 g/mol. The second-order valence-electron chi connectivity index (χ2n) is 7.09. The van der Waals surface area contributed by atoms with E-state index in [0.717, 1.165) is 18.7 Å². The summed E-state index contributed by atoms with van der Waals surface area (Å²) in [5.74, 6) is 1.16. The third-order valence-electron chi connectivity index (χ3n) is 3.84. The van der Waals surface area contributed by atoms with Crippen LogP contribution in [0.2, 0.25) is 0 Å². The van der Waals surface area contributed by atoms with Gasteiger partial charge in [0.15, 0.2) is 0 Å². The van der Waals surface area contributed by atoms with Crippen molar-refractivity contribution in [2.45, 2.75) is 57.2 Å². The molecule has 1 unspecified atom stereocenters.